The van der Waals surface area contributed by atoms with Crippen molar-refractivity contribution in [2.75, 3.05) is 0 Å². The number of fused-ring (bicyclic) bond motifs is 1. The van der Waals surface area contributed by atoms with Crippen molar-refractivity contribution >= 4 is 5.97 Å². The van der Waals surface area contributed by atoms with E-state index in [2.05, 4.69) is 47.6 Å². The van der Waals surface area contributed by atoms with E-state index in [1.54, 1.807) is 0 Å². The van der Waals surface area contributed by atoms with Gasteiger partial charge in [0.05, 0.1) is 0 Å². The second-order valence-corrected chi connectivity index (χ2v) is 9.87. The van der Waals surface area contributed by atoms with E-state index < -0.39 is 0 Å². The Morgan fingerprint density at radius 1 is 1.08 bits per heavy atom. The largest absolute Gasteiger partial charge is 0.487 e. The lowest BCUT2D eigenvalue weighted by Crippen LogP contribution is -2.30. The number of carbonyl (C=O) groups is 1. The van der Waals surface area contributed by atoms with Crippen LogP contribution in [0.1, 0.15) is 90.8 Å². The first-order valence-corrected chi connectivity index (χ1v) is 9.51. The number of hydrogen-bond donors (Lipinski definition) is 0. The zero-order valence-electron chi connectivity index (χ0n) is 16.8. The quantitative estimate of drug-likeness (QED) is 0.501. The van der Waals surface area contributed by atoms with Gasteiger partial charge >= 0.3 is 5.97 Å². The van der Waals surface area contributed by atoms with Crippen molar-refractivity contribution in [3.05, 3.63) is 22.8 Å². The molecule has 2 aliphatic rings. The van der Waals surface area contributed by atoms with E-state index in [1.807, 2.05) is 0 Å². The fourth-order valence-electron chi connectivity index (χ4n) is 4.44. The molecule has 1 aliphatic heterocycles. The van der Waals surface area contributed by atoms with Crippen LogP contribution in [0.15, 0.2) is 6.07 Å². The van der Waals surface area contributed by atoms with Gasteiger partial charge < -0.3 is 9.47 Å². The molecule has 0 N–H and O–H groups in total. The zero-order chi connectivity index (χ0) is 18.6. The predicted octanol–water partition coefficient (Wildman–Crippen LogP) is 5.45. The topological polar surface area (TPSA) is 35.5 Å². The fourth-order valence-corrected chi connectivity index (χ4v) is 4.44. The van der Waals surface area contributed by atoms with Crippen molar-refractivity contribution in [2.24, 2.45) is 0 Å². The van der Waals surface area contributed by atoms with Gasteiger partial charge in [0.25, 0.3) is 0 Å². The van der Waals surface area contributed by atoms with E-state index in [0.717, 1.165) is 41.9 Å². The molecule has 3 nitrogen and oxygen atoms in total. The second kappa shape index (κ2) is 5.75. The Labute approximate surface area is 152 Å². The van der Waals surface area contributed by atoms with Crippen molar-refractivity contribution < 1.29 is 14.3 Å². The van der Waals surface area contributed by atoms with Crippen LogP contribution in [0.25, 0.3) is 0 Å². The molecular weight excluding hydrogens is 312 g/mol. The molecule has 3 heteroatoms. The summed E-state index contributed by atoms with van der Waals surface area (Å²) in [5.74, 6) is 1.50. The average Bonchev–Trinajstić information content (AvgIpc) is 3.01. The van der Waals surface area contributed by atoms with E-state index in [4.69, 9.17) is 9.47 Å². The van der Waals surface area contributed by atoms with Crippen molar-refractivity contribution in [1.82, 2.24) is 0 Å². The Bertz CT molecular complexity index is 695. The minimum Gasteiger partial charge on any atom is -0.487 e. The molecule has 3 rings (SSSR count). The van der Waals surface area contributed by atoms with E-state index in [-0.39, 0.29) is 22.4 Å². The summed E-state index contributed by atoms with van der Waals surface area (Å²) >= 11 is 0. The van der Waals surface area contributed by atoms with Crippen LogP contribution in [0.3, 0.4) is 0 Å². The zero-order valence-corrected chi connectivity index (χ0v) is 16.8. The molecule has 0 unspecified atom stereocenters. The van der Waals surface area contributed by atoms with Gasteiger partial charge in [-0.2, -0.15) is 0 Å². The highest BCUT2D eigenvalue weighted by atomic mass is 16.5. The second-order valence-electron chi connectivity index (χ2n) is 9.87. The first-order valence-electron chi connectivity index (χ1n) is 9.51. The maximum atomic E-state index is 11.9. The summed E-state index contributed by atoms with van der Waals surface area (Å²) in [6.07, 6.45) is 5.66. The Morgan fingerprint density at radius 2 is 1.68 bits per heavy atom. The van der Waals surface area contributed by atoms with Crippen LogP contribution in [0, 0.1) is 0 Å². The molecule has 0 aromatic heterocycles. The van der Waals surface area contributed by atoms with Crippen LogP contribution in [0.4, 0.5) is 0 Å². The molecular formula is C22H32O3. The highest BCUT2D eigenvalue weighted by molar-refractivity contribution is 5.72. The number of benzene rings is 1. The highest BCUT2D eigenvalue weighted by Gasteiger charge is 2.45. The number of esters is 1. The average molecular weight is 344 g/mol. The Hall–Kier alpha value is -1.51. The molecule has 1 aliphatic carbocycles. The molecule has 0 radical (unpaired) electrons. The lowest BCUT2D eigenvalue weighted by Gasteiger charge is -2.30. The Balaban J connectivity index is 2.26. The third kappa shape index (κ3) is 3.30. The minimum atomic E-state index is -0.259. The molecule has 0 atom stereocenters. The summed E-state index contributed by atoms with van der Waals surface area (Å²) in [4.78, 5) is 11.9. The summed E-state index contributed by atoms with van der Waals surface area (Å²) in [6.45, 7) is 14.6. The van der Waals surface area contributed by atoms with Crippen LogP contribution >= 0.6 is 0 Å². The number of ether oxygens (including phenoxy) is 2. The van der Waals surface area contributed by atoms with Crippen molar-refractivity contribution in [1.29, 1.82) is 0 Å². The Morgan fingerprint density at radius 3 is 2.16 bits per heavy atom. The maximum Gasteiger partial charge on any atom is 0.308 e. The van der Waals surface area contributed by atoms with Gasteiger partial charge in [0, 0.05) is 30.0 Å². The van der Waals surface area contributed by atoms with Crippen LogP contribution < -0.4 is 9.47 Å². The SMILES string of the molecule is CC(=O)Oc1c(C(C)(C)C)cc2c(c1C(C)(C)C)CC1(CCCC1)O2. The standard InChI is InChI=1S/C22H32O3/c1-14(23)24-19-16(20(2,3)4)12-17-15(18(19)21(5,6)7)13-22(25-17)10-8-9-11-22/h12H,8-11,13H2,1-7H3. The van der Waals surface area contributed by atoms with Crippen LogP contribution in [-0.2, 0) is 22.0 Å². The van der Waals surface area contributed by atoms with Gasteiger partial charge in [0.1, 0.15) is 17.1 Å². The molecule has 138 valence electrons. The van der Waals surface area contributed by atoms with Crippen molar-refractivity contribution in [2.45, 2.75) is 97.0 Å². The summed E-state index contributed by atoms with van der Waals surface area (Å²) < 4.78 is 12.4. The smallest absolute Gasteiger partial charge is 0.308 e. The van der Waals surface area contributed by atoms with Gasteiger partial charge in [-0.05, 0) is 42.6 Å². The van der Waals surface area contributed by atoms with Gasteiger partial charge in [-0.3, -0.25) is 4.79 Å². The predicted molar refractivity (Wildman–Crippen MR) is 101 cm³/mol. The van der Waals surface area contributed by atoms with Gasteiger partial charge in [0.2, 0.25) is 0 Å². The number of rotatable bonds is 1. The molecule has 1 aromatic carbocycles. The molecule has 1 heterocycles. The summed E-state index contributed by atoms with van der Waals surface area (Å²) in [7, 11) is 0. The first-order chi connectivity index (χ1) is 11.4. The third-order valence-electron chi connectivity index (χ3n) is 5.49. The molecule has 1 spiro atoms. The molecule has 1 fully saturated rings. The maximum absolute atomic E-state index is 11.9. The number of hydrogen-bond acceptors (Lipinski definition) is 3. The molecule has 0 saturated heterocycles. The van der Waals surface area contributed by atoms with Crippen LogP contribution in [-0.4, -0.2) is 11.6 Å². The fraction of sp³-hybridized carbons (Fsp3) is 0.682. The minimum absolute atomic E-state index is 0.0354. The van der Waals surface area contributed by atoms with Gasteiger partial charge in [-0.15, -0.1) is 0 Å². The third-order valence-corrected chi connectivity index (χ3v) is 5.49. The lowest BCUT2D eigenvalue weighted by atomic mass is 9.75. The first kappa shape index (κ1) is 18.3. The monoisotopic (exact) mass is 344 g/mol. The van der Waals surface area contributed by atoms with Crippen molar-refractivity contribution in [3.8, 4) is 11.5 Å². The molecule has 0 amide bonds. The van der Waals surface area contributed by atoms with Crippen molar-refractivity contribution in [3.63, 3.8) is 0 Å². The van der Waals surface area contributed by atoms with E-state index in [1.165, 1.54) is 25.3 Å². The summed E-state index contributed by atoms with van der Waals surface area (Å²) in [6, 6.07) is 2.13. The molecule has 25 heavy (non-hydrogen) atoms. The van der Waals surface area contributed by atoms with Gasteiger partial charge in [-0.1, -0.05) is 41.5 Å². The van der Waals surface area contributed by atoms with Gasteiger partial charge in [0.15, 0.2) is 0 Å². The number of carbonyl (C=O) groups excluding carboxylic acids is 1. The van der Waals surface area contributed by atoms with Crippen LogP contribution in [0.5, 0.6) is 11.5 Å². The van der Waals surface area contributed by atoms with E-state index in [0.29, 0.717) is 0 Å². The van der Waals surface area contributed by atoms with Crippen LogP contribution in [0.2, 0.25) is 0 Å². The van der Waals surface area contributed by atoms with Gasteiger partial charge in [-0.25, -0.2) is 0 Å². The molecule has 1 aromatic rings. The molecule has 0 bridgehead atoms. The lowest BCUT2D eigenvalue weighted by molar-refractivity contribution is -0.132. The summed E-state index contributed by atoms with van der Waals surface area (Å²) in [5.41, 5.74) is 3.17. The molecule has 1 saturated carbocycles. The van der Waals surface area contributed by atoms with E-state index >= 15 is 0 Å². The van der Waals surface area contributed by atoms with E-state index in [9.17, 15) is 4.79 Å². The normalized spacial score (nSPS) is 19.0. The Kier molecular flexibility index (Phi) is 4.21. The summed E-state index contributed by atoms with van der Waals surface area (Å²) in [5, 5.41) is 0. The highest BCUT2D eigenvalue weighted by Crippen LogP contribution is 2.53.